The Morgan fingerprint density at radius 2 is 2.06 bits per heavy atom. The largest absolute Gasteiger partial charge is 0.330 e. The molecule has 0 bridgehead atoms. The van der Waals surface area contributed by atoms with Gasteiger partial charge in [-0.1, -0.05) is 31.2 Å². The van der Waals surface area contributed by atoms with Gasteiger partial charge in [0.15, 0.2) is 0 Å². The number of nitrogens with two attached hydrogens (primary N) is 1. The van der Waals surface area contributed by atoms with E-state index in [-0.39, 0.29) is 0 Å². The van der Waals surface area contributed by atoms with Crippen LogP contribution in [0.4, 0.5) is 0 Å². The predicted octanol–water partition coefficient (Wildman–Crippen LogP) is 2.48. The Bertz CT molecular complexity index is 346. The van der Waals surface area contributed by atoms with E-state index in [1.165, 1.54) is 5.56 Å². The van der Waals surface area contributed by atoms with E-state index in [0.29, 0.717) is 31.1 Å². The number of hydrogen-bond donors (Lipinski definition) is 1. The Balaban J connectivity index is 2.43. The first-order valence-corrected chi connectivity index (χ1v) is 5.89. The van der Waals surface area contributed by atoms with Crippen LogP contribution in [-0.2, 0) is 11.2 Å². The molecular weight excluding hydrogens is 198 g/mol. The minimum atomic E-state index is 0.314. The fourth-order valence-corrected chi connectivity index (χ4v) is 1.63. The Labute approximate surface area is 97.9 Å². The second-order valence-electron chi connectivity index (χ2n) is 4.52. The van der Waals surface area contributed by atoms with Crippen molar-refractivity contribution in [1.29, 1.82) is 0 Å². The molecule has 0 amide bonds. The molecule has 1 aromatic rings. The van der Waals surface area contributed by atoms with Gasteiger partial charge in [0.05, 0.1) is 0 Å². The van der Waals surface area contributed by atoms with Crippen LogP contribution in [0.1, 0.15) is 30.9 Å². The number of benzene rings is 1. The molecule has 0 radical (unpaired) electrons. The zero-order chi connectivity index (χ0) is 12.0. The van der Waals surface area contributed by atoms with Crippen LogP contribution in [0.15, 0.2) is 24.3 Å². The zero-order valence-electron chi connectivity index (χ0n) is 10.2. The van der Waals surface area contributed by atoms with Crippen molar-refractivity contribution in [1.82, 2.24) is 0 Å². The van der Waals surface area contributed by atoms with Gasteiger partial charge >= 0.3 is 0 Å². The molecule has 1 unspecified atom stereocenters. The first-order chi connectivity index (χ1) is 7.63. The number of carbonyl (C=O) groups is 1. The second-order valence-corrected chi connectivity index (χ2v) is 4.52. The number of hydrogen-bond acceptors (Lipinski definition) is 2. The minimum Gasteiger partial charge on any atom is -0.330 e. The molecule has 2 N–H and O–H groups in total. The van der Waals surface area contributed by atoms with Gasteiger partial charge in [0, 0.05) is 12.8 Å². The summed E-state index contributed by atoms with van der Waals surface area (Å²) < 4.78 is 0. The predicted molar refractivity (Wildman–Crippen MR) is 67.3 cm³/mol. The van der Waals surface area contributed by atoms with E-state index in [9.17, 15) is 4.79 Å². The van der Waals surface area contributed by atoms with Crippen LogP contribution < -0.4 is 5.73 Å². The van der Waals surface area contributed by atoms with Crippen molar-refractivity contribution in [3.05, 3.63) is 35.4 Å². The Kier molecular flexibility index (Phi) is 5.20. The summed E-state index contributed by atoms with van der Waals surface area (Å²) in [6.45, 7) is 4.80. The summed E-state index contributed by atoms with van der Waals surface area (Å²) in [4.78, 5) is 11.7. The normalized spacial score (nSPS) is 12.4. The fraction of sp³-hybridized carbons (Fsp3) is 0.500. The van der Waals surface area contributed by atoms with E-state index in [2.05, 4.69) is 6.92 Å². The fourth-order valence-electron chi connectivity index (χ4n) is 1.63. The zero-order valence-corrected chi connectivity index (χ0v) is 10.2. The lowest BCUT2D eigenvalue weighted by Gasteiger charge is -2.08. The third-order valence-electron chi connectivity index (χ3n) is 2.97. The first-order valence-electron chi connectivity index (χ1n) is 5.89. The van der Waals surface area contributed by atoms with Crippen LogP contribution in [0.3, 0.4) is 0 Å². The summed E-state index contributed by atoms with van der Waals surface area (Å²) in [7, 11) is 0. The molecular formula is C14H21NO. The highest BCUT2D eigenvalue weighted by Crippen LogP contribution is 2.11. The molecule has 1 atom stereocenters. The van der Waals surface area contributed by atoms with E-state index in [4.69, 9.17) is 5.73 Å². The Hall–Kier alpha value is -1.15. The van der Waals surface area contributed by atoms with Crippen molar-refractivity contribution in [2.75, 3.05) is 6.54 Å². The van der Waals surface area contributed by atoms with E-state index < -0.39 is 0 Å². The van der Waals surface area contributed by atoms with E-state index in [0.717, 1.165) is 12.0 Å². The van der Waals surface area contributed by atoms with Gasteiger partial charge in [-0.25, -0.2) is 0 Å². The molecule has 0 spiro atoms. The molecule has 0 heterocycles. The summed E-state index contributed by atoms with van der Waals surface area (Å²) in [5, 5.41) is 0. The topological polar surface area (TPSA) is 43.1 Å². The molecule has 0 aliphatic carbocycles. The highest BCUT2D eigenvalue weighted by molar-refractivity contribution is 5.81. The summed E-state index contributed by atoms with van der Waals surface area (Å²) >= 11 is 0. The van der Waals surface area contributed by atoms with Gasteiger partial charge in [-0.3, -0.25) is 4.79 Å². The first kappa shape index (κ1) is 12.9. The quantitative estimate of drug-likeness (QED) is 0.798. The van der Waals surface area contributed by atoms with Gasteiger partial charge in [-0.05, 0) is 36.9 Å². The lowest BCUT2D eigenvalue weighted by atomic mass is 9.98. The van der Waals surface area contributed by atoms with Gasteiger partial charge < -0.3 is 5.73 Å². The lowest BCUT2D eigenvalue weighted by Crippen LogP contribution is -2.13. The van der Waals surface area contributed by atoms with Crippen molar-refractivity contribution in [2.45, 2.75) is 33.1 Å². The average molecular weight is 219 g/mol. The summed E-state index contributed by atoms with van der Waals surface area (Å²) in [5.41, 5.74) is 7.87. The molecule has 0 aliphatic heterocycles. The van der Waals surface area contributed by atoms with Crippen LogP contribution in [0.2, 0.25) is 0 Å². The van der Waals surface area contributed by atoms with Gasteiger partial charge in [0.1, 0.15) is 5.78 Å². The average Bonchev–Trinajstić information content (AvgIpc) is 2.29. The van der Waals surface area contributed by atoms with Crippen LogP contribution in [0.25, 0.3) is 0 Å². The number of ketones is 1. The molecule has 0 aliphatic rings. The van der Waals surface area contributed by atoms with Crippen LogP contribution >= 0.6 is 0 Å². The summed E-state index contributed by atoms with van der Waals surface area (Å²) in [6.07, 6.45) is 2.11. The van der Waals surface area contributed by atoms with Gasteiger partial charge in [0.25, 0.3) is 0 Å². The molecule has 0 fully saturated rings. The number of aryl methyl sites for hydroxylation is 1. The molecule has 2 heteroatoms. The van der Waals surface area contributed by atoms with Crippen molar-refractivity contribution < 1.29 is 4.79 Å². The third kappa shape index (κ3) is 4.15. The van der Waals surface area contributed by atoms with Crippen LogP contribution in [-0.4, -0.2) is 12.3 Å². The van der Waals surface area contributed by atoms with Crippen molar-refractivity contribution in [3.8, 4) is 0 Å². The molecule has 1 aromatic carbocycles. The van der Waals surface area contributed by atoms with Crippen molar-refractivity contribution >= 4 is 5.78 Å². The van der Waals surface area contributed by atoms with Crippen LogP contribution in [0, 0.1) is 12.8 Å². The smallest absolute Gasteiger partial charge is 0.137 e. The monoisotopic (exact) mass is 219 g/mol. The number of rotatable bonds is 6. The van der Waals surface area contributed by atoms with Gasteiger partial charge in [0.2, 0.25) is 0 Å². The Morgan fingerprint density at radius 3 is 2.69 bits per heavy atom. The molecule has 2 nitrogen and oxygen atoms in total. The SMILES string of the molecule is Cc1ccccc1CC(=O)CCC(C)CN. The summed E-state index contributed by atoms with van der Waals surface area (Å²) in [6, 6.07) is 8.06. The maximum absolute atomic E-state index is 11.7. The highest BCUT2D eigenvalue weighted by Gasteiger charge is 2.07. The van der Waals surface area contributed by atoms with Crippen LogP contribution in [0.5, 0.6) is 0 Å². The summed E-state index contributed by atoms with van der Waals surface area (Å²) in [5.74, 6) is 0.760. The van der Waals surface area contributed by atoms with Crippen molar-refractivity contribution in [3.63, 3.8) is 0 Å². The van der Waals surface area contributed by atoms with Crippen molar-refractivity contribution in [2.24, 2.45) is 11.7 Å². The molecule has 0 aromatic heterocycles. The lowest BCUT2D eigenvalue weighted by molar-refractivity contribution is -0.118. The van der Waals surface area contributed by atoms with E-state index in [1.54, 1.807) is 0 Å². The highest BCUT2D eigenvalue weighted by atomic mass is 16.1. The standard InChI is InChI=1S/C14H21NO/c1-11(10-15)7-8-14(16)9-13-6-4-3-5-12(13)2/h3-6,11H,7-10,15H2,1-2H3. The molecule has 16 heavy (non-hydrogen) atoms. The number of Topliss-reactive ketones (excluding diaryl/α,β-unsaturated/α-hetero) is 1. The van der Waals surface area contributed by atoms with Gasteiger partial charge in [-0.2, -0.15) is 0 Å². The molecule has 0 saturated heterocycles. The maximum Gasteiger partial charge on any atom is 0.137 e. The third-order valence-corrected chi connectivity index (χ3v) is 2.97. The molecule has 1 rings (SSSR count). The second kappa shape index (κ2) is 6.44. The Morgan fingerprint density at radius 1 is 1.38 bits per heavy atom. The van der Waals surface area contributed by atoms with E-state index >= 15 is 0 Å². The van der Waals surface area contributed by atoms with Gasteiger partial charge in [-0.15, -0.1) is 0 Å². The maximum atomic E-state index is 11.7. The minimum absolute atomic E-state index is 0.314. The van der Waals surface area contributed by atoms with E-state index in [1.807, 2.05) is 31.2 Å². The number of carbonyl (C=O) groups excluding carboxylic acids is 1. The molecule has 88 valence electrons. The molecule has 0 saturated carbocycles.